The van der Waals surface area contributed by atoms with Gasteiger partial charge in [-0.1, -0.05) is 0 Å². The van der Waals surface area contributed by atoms with E-state index in [1.165, 1.54) is 12.1 Å². The molecule has 3 aromatic rings. The van der Waals surface area contributed by atoms with Crippen LogP contribution in [0, 0.1) is 5.82 Å². The van der Waals surface area contributed by atoms with Gasteiger partial charge in [0.15, 0.2) is 0 Å². The maximum absolute atomic E-state index is 12.8. The largest absolute Gasteiger partial charge is 1.00 e. The lowest BCUT2D eigenvalue weighted by atomic mass is 10.2. The van der Waals surface area contributed by atoms with Crippen molar-refractivity contribution in [2.24, 2.45) is 0 Å². The van der Waals surface area contributed by atoms with Gasteiger partial charge in [0, 0.05) is 22.4 Å². The molecule has 2 heterocycles. The molecule has 3 rings (SSSR count). The Balaban J connectivity index is 0.00000120. The topological polar surface area (TPSA) is 17.3 Å². The van der Waals surface area contributed by atoms with Gasteiger partial charge in [0.1, 0.15) is 11.5 Å². The molecular formula is C13H8BrFIN2-. The molecule has 0 amide bonds. The normalized spacial score (nSPS) is 10.3. The number of hydrogen-bond donors (Lipinski definition) is 0. The van der Waals surface area contributed by atoms with Crippen molar-refractivity contribution in [2.45, 2.75) is 0 Å². The highest BCUT2D eigenvalue weighted by Gasteiger charge is 2.04. The summed E-state index contributed by atoms with van der Waals surface area (Å²) in [6.07, 6.45) is 3.86. The minimum Gasteiger partial charge on any atom is -1.00 e. The van der Waals surface area contributed by atoms with E-state index in [0.717, 1.165) is 21.4 Å². The van der Waals surface area contributed by atoms with E-state index in [0.29, 0.717) is 0 Å². The van der Waals surface area contributed by atoms with Crippen LogP contribution in [-0.4, -0.2) is 9.38 Å². The number of fused-ring (bicyclic) bond motifs is 1. The summed E-state index contributed by atoms with van der Waals surface area (Å²) in [6, 6.07) is 10.2. The van der Waals surface area contributed by atoms with Gasteiger partial charge in [0.05, 0.1) is 5.69 Å². The second-order valence-corrected chi connectivity index (χ2v) is 4.66. The highest BCUT2D eigenvalue weighted by atomic mass is 127. The van der Waals surface area contributed by atoms with E-state index in [-0.39, 0.29) is 29.8 Å². The van der Waals surface area contributed by atoms with Gasteiger partial charge in [-0.2, -0.15) is 0 Å². The summed E-state index contributed by atoms with van der Waals surface area (Å²) in [7, 11) is 0. The van der Waals surface area contributed by atoms with Gasteiger partial charge in [0.2, 0.25) is 0 Å². The van der Waals surface area contributed by atoms with Crippen molar-refractivity contribution >= 4 is 21.6 Å². The van der Waals surface area contributed by atoms with Crippen molar-refractivity contribution in [3.63, 3.8) is 0 Å². The maximum Gasteiger partial charge on any atom is 0.137 e. The number of rotatable bonds is 1. The first-order chi connectivity index (χ1) is 8.22. The first-order valence-corrected chi connectivity index (χ1v) is 5.92. The molecule has 2 aromatic heterocycles. The molecule has 2 nitrogen and oxygen atoms in total. The Morgan fingerprint density at radius 2 is 1.72 bits per heavy atom. The average molecular weight is 418 g/mol. The summed E-state index contributed by atoms with van der Waals surface area (Å²) in [6.45, 7) is 0. The molecule has 0 aliphatic heterocycles. The molecule has 0 bridgehead atoms. The minimum absolute atomic E-state index is 0. The molecule has 18 heavy (non-hydrogen) atoms. The van der Waals surface area contributed by atoms with E-state index in [1.807, 2.05) is 28.9 Å². The third-order valence-electron chi connectivity index (χ3n) is 2.55. The average Bonchev–Trinajstić information content (AvgIpc) is 2.72. The highest BCUT2D eigenvalue weighted by molar-refractivity contribution is 9.10. The van der Waals surface area contributed by atoms with Crippen molar-refractivity contribution in [2.75, 3.05) is 0 Å². The molecule has 0 aliphatic rings. The number of imidazole rings is 1. The monoisotopic (exact) mass is 417 g/mol. The van der Waals surface area contributed by atoms with E-state index in [1.54, 1.807) is 12.1 Å². The molecule has 5 heteroatoms. The van der Waals surface area contributed by atoms with Crippen LogP contribution >= 0.6 is 15.9 Å². The predicted molar refractivity (Wildman–Crippen MR) is 68.3 cm³/mol. The van der Waals surface area contributed by atoms with Gasteiger partial charge in [-0.25, -0.2) is 9.37 Å². The first-order valence-electron chi connectivity index (χ1n) is 5.12. The smallest absolute Gasteiger partial charge is 0.137 e. The van der Waals surface area contributed by atoms with E-state index < -0.39 is 0 Å². The van der Waals surface area contributed by atoms with Crippen LogP contribution in [0.1, 0.15) is 0 Å². The van der Waals surface area contributed by atoms with Gasteiger partial charge < -0.3 is 28.4 Å². The number of halogens is 3. The lowest BCUT2D eigenvalue weighted by Crippen LogP contribution is -3.00. The van der Waals surface area contributed by atoms with Gasteiger partial charge in [-0.15, -0.1) is 0 Å². The van der Waals surface area contributed by atoms with Gasteiger partial charge in [0.25, 0.3) is 0 Å². The van der Waals surface area contributed by atoms with Crippen molar-refractivity contribution < 1.29 is 28.4 Å². The van der Waals surface area contributed by atoms with E-state index in [2.05, 4.69) is 20.9 Å². The van der Waals surface area contributed by atoms with Crippen LogP contribution in [0.5, 0.6) is 0 Å². The summed E-state index contributed by atoms with van der Waals surface area (Å²) < 4.78 is 15.8. The Morgan fingerprint density at radius 3 is 2.44 bits per heavy atom. The third kappa shape index (κ3) is 2.56. The molecule has 92 valence electrons. The Morgan fingerprint density at radius 1 is 1.00 bits per heavy atom. The zero-order valence-electron chi connectivity index (χ0n) is 9.15. The molecule has 0 radical (unpaired) electrons. The van der Waals surface area contributed by atoms with Crippen LogP contribution < -0.4 is 24.0 Å². The SMILES string of the molecule is Fc1ccc(-c2cn3cc(Br)ccc3n2)cc1.[I-]. The van der Waals surface area contributed by atoms with E-state index in [9.17, 15) is 4.39 Å². The summed E-state index contributed by atoms with van der Waals surface area (Å²) in [5.74, 6) is -0.236. The molecule has 0 fully saturated rings. The van der Waals surface area contributed by atoms with E-state index >= 15 is 0 Å². The molecule has 0 N–H and O–H groups in total. The number of pyridine rings is 1. The van der Waals surface area contributed by atoms with Crippen molar-refractivity contribution in [3.8, 4) is 11.3 Å². The zero-order chi connectivity index (χ0) is 11.8. The highest BCUT2D eigenvalue weighted by Crippen LogP contribution is 2.20. The third-order valence-corrected chi connectivity index (χ3v) is 3.02. The molecular weight excluding hydrogens is 410 g/mol. The summed E-state index contributed by atoms with van der Waals surface area (Å²) in [5, 5.41) is 0. The Hall–Kier alpha value is -0.950. The molecule has 0 saturated heterocycles. The maximum atomic E-state index is 12.8. The molecule has 0 aliphatic carbocycles. The van der Waals surface area contributed by atoms with Crippen LogP contribution in [-0.2, 0) is 0 Å². The fraction of sp³-hybridized carbons (Fsp3) is 0. The fourth-order valence-corrected chi connectivity index (χ4v) is 2.08. The van der Waals surface area contributed by atoms with Crippen molar-refractivity contribution in [3.05, 3.63) is 59.1 Å². The van der Waals surface area contributed by atoms with Crippen LogP contribution in [0.4, 0.5) is 4.39 Å². The zero-order valence-corrected chi connectivity index (χ0v) is 12.9. The van der Waals surface area contributed by atoms with Crippen LogP contribution in [0.2, 0.25) is 0 Å². The summed E-state index contributed by atoms with van der Waals surface area (Å²) in [4.78, 5) is 4.47. The first kappa shape index (κ1) is 13.5. The molecule has 0 saturated carbocycles. The Bertz CT molecular complexity index is 679. The number of benzene rings is 1. The van der Waals surface area contributed by atoms with Gasteiger partial charge in [-0.05, 0) is 52.3 Å². The predicted octanol–water partition coefficient (Wildman–Crippen LogP) is 0.907. The summed E-state index contributed by atoms with van der Waals surface area (Å²) in [5.41, 5.74) is 2.61. The number of nitrogens with zero attached hydrogens (tertiary/aromatic N) is 2. The number of hydrogen-bond acceptors (Lipinski definition) is 1. The van der Waals surface area contributed by atoms with Crippen molar-refractivity contribution in [1.29, 1.82) is 0 Å². The number of aromatic nitrogens is 2. The molecule has 0 spiro atoms. The second-order valence-electron chi connectivity index (χ2n) is 3.75. The van der Waals surface area contributed by atoms with Crippen LogP contribution in [0.15, 0.2) is 53.3 Å². The molecule has 0 atom stereocenters. The lowest BCUT2D eigenvalue weighted by Gasteiger charge is -1.94. The Labute approximate surface area is 129 Å². The summed E-state index contributed by atoms with van der Waals surface area (Å²) >= 11 is 3.41. The standard InChI is InChI=1S/C13H8BrFN2.HI/c14-10-3-6-13-16-12(8-17(13)7-10)9-1-4-11(15)5-2-9;/h1-8H;1H/p-1. The minimum atomic E-state index is -0.236. The lowest BCUT2D eigenvalue weighted by molar-refractivity contribution is -0.00000393. The quantitative estimate of drug-likeness (QED) is 0.538. The molecule has 1 aromatic carbocycles. The van der Waals surface area contributed by atoms with Crippen LogP contribution in [0.25, 0.3) is 16.9 Å². The van der Waals surface area contributed by atoms with Gasteiger partial charge >= 0.3 is 0 Å². The fourth-order valence-electron chi connectivity index (χ4n) is 1.72. The molecule has 0 unspecified atom stereocenters. The van der Waals surface area contributed by atoms with E-state index in [4.69, 9.17) is 0 Å². The van der Waals surface area contributed by atoms with Crippen molar-refractivity contribution in [1.82, 2.24) is 9.38 Å². The van der Waals surface area contributed by atoms with Gasteiger partial charge in [-0.3, -0.25) is 0 Å². The van der Waals surface area contributed by atoms with Crippen LogP contribution in [0.3, 0.4) is 0 Å². The Kier molecular flexibility index (Phi) is 4.01. The second kappa shape index (κ2) is 5.36.